The molecule has 2 aromatic carbocycles. The third kappa shape index (κ3) is 4.94. The first-order valence-corrected chi connectivity index (χ1v) is 8.94. The molecular weight excluding hydrogens is 400 g/mol. The van der Waals surface area contributed by atoms with Crippen molar-refractivity contribution >= 4 is 17.9 Å². The number of hydrogen-bond donors (Lipinski definition) is 0. The summed E-state index contributed by atoms with van der Waals surface area (Å²) in [6.07, 6.45) is -3.31. The molecule has 0 unspecified atom stereocenters. The van der Waals surface area contributed by atoms with Crippen LogP contribution in [-0.2, 0) is 17.5 Å². The molecule has 0 aliphatic heterocycles. The van der Waals surface area contributed by atoms with Gasteiger partial charge in [-0.3, -0.25) is 4.68 Å². The lowest BCUT2D eigenvalue weighted by Gasteiger charge is -2.06. The van der Waals surface area contributed by atoms with Crippen LogP contribution in [0.1, 0.15) is 38.4 Å². The van der Waals surface area contributed by atoms with E-state index in [1.165, 1.54) is 19.2 Å². The zero-order valence-electron chi connectivity index (χ0n) is 16.2. The van der Waals surface area contributed by atoms with Crippen LogP contribution < -0.4 is 0 Å². The smallest absolute Gasteiger partial charge is 0.416 e. The lowest BCUT2D eigenvalue weighted by atomic mass is 10.1. The van der Waals surface area contributed by atoms with Gasteiger partial charge in [0.2, 0.25) is 0 Å². The van der Waals surface area contributed by atoms with Crippen LogP contribution in [0.4, 0.5) is 17.6 Å². The molecular formula is C22H18F4N2O2. The molecule has 0 bridgehead atoms. The fourth-order valence-electron chi connectivity index (χ4n) is 2.86. The molecule has 0 aliphatic rings. The van der Waals surface area contributed by atoms with Crippen molar-refractivity contribution in [1.29, 1.82) is 0 Å². The zero-order valence-corrected chi connectivity index (χ0v) is 16.2. The Kier molecular flexibility index (Phi) is 6.05. The Bertz CT molecular complexity index is 1080. The quantitative estimate of drug-likeness (QED) is 0.405. The van der Waals surface area contributed by atoms with Gasteiger partial charge >= 0.3 is 12.1 Å². The second-order valence-corrected chi connectivity index (χ2v) is 6.63. The molecule has 0 fully saturated rings. The minimum atomic E-state index is -4.44. The molecule has 3 rings (SSSR count). The zero-order chi connectivity index (χ0) is 21.9. The van der Waals surface area contributed by atoms with Crippen molar-refractivity contribution in [3.05, 3.63) is 88.2 Å². The first-order chi connectivity index (χ1) is 14.2. The Morgan fingerprint density at radius 1 is 1.13 bits per heavy atom. The van der Waals surface area contributed by atoms with Crippen LogP contribution >= 0.6 is 0 Å². The lowest BCUT2D eigenvalue weighted by molar-refractivity contribution is -0.137. The summed E-state index contributed by atoms with van der Waals surface area (Å²) in [6, 6.07) is 12.6. The van der Waals surface area contributed by atoms with Crippen molar-refractivity contribution in [2.45, 2.75) is 19.6 Å². The number of ether oxygens (including phenoxy) is 1. The van der Waals surface area contributed by atoms with E-state index in [0.717, 1.165) is 23.8 Å². The largest absolute Gasteiger partial charge is 0.465 e. The average Bonchev–Trinajstić information content (AvgIpc) is 3.08. The average molecular weight is 418 g/mol. The van der Waals surface area contributed by atoms with E-state index < -0.39 is 23.5 Å². The van der Waals surface area contributed by atoms with Crippen LogP contribution in [0.2, 0.25) is 0 Å². The van der Waals surface area contributed by atoms with E-state index in [-0.39, 0.29) is 5.69 Å². The van der Waals surface area contributed by atoms with Gasteiger partial charge in [-0.05, 0) is 54.5 Å². The van der Waals surface area contributed by atoms with Crippen LogP contribution in [-0.4, -0.2) is 22.9 Å². The number of hydrogen-bond acceptors (Lipinski definition) is 3. The number of benzene rings is 2. The highest BCUT2D eigenvalue weighted by Crippen LogP contribution is 2.30. The minimum absolute atomic E-state index is 0.0662. The van der Waals surface area contributed by atoms with E-state index in [4.69, 9.17) is 4.74 Å². The second kappa shape index (κ2) is 8.52. The van der Waals surface area contributed by atoms with Crippen molar-refractivity contribution in [2.24, 2.45) is 0 Å². The third-order valence-electron chi connectivity index (χ3n) is 4.44. The van der Waals surface area contributed by atoms with E-state index in [0.29, 0.717) is 23.4 Å². The number of nitrogens with zero attached hydrogens (tertiary/aromatic N) is 2. The first kappa shape index (κ1) is 21.3. The maximum absolute atomic E-state index is 14.6. The highest BCUT2D eigenvalue weighted by Gasteiger charge is 2.29. The van der Waals surface area contributed by atoms with Crippen LogP contribution in [0.25, 0.3) is 11.9 Å². The molecule has 0 saturated heterocycles. The molecule has 4 nitrogen and oxygen atoms in total. The summed E-state index contributed by atoms with van der Waals surface area (Å²) in [7, 11) is 1.30. The molecule has 0 amide bonds. The summed E-state index contributed by atoms with van der Waals surface area (Å²) >= 11 is 0. The van der Waals surface area contributed by atoms with Gasteiger partial charge in [0.15, 0.2) is 5.83 Å². The van der Waals surface area contributed by atoms with Crippen molar-refractivity contribution < 1.29 is 27.1 Å². The van der Waals surface area contributed by atoms with Gasteiger partial charge in [0, 0.05) is 5.69 Å². The third-order valence-corrected chi connectivity index (χ3v) is 4.44. The summed E-state index contributed by atoms with van der Waals surface area (Å²) in [4.78, 5) is 11.7. The van der Waals surface area contributed by atoms with Gasteiger partial charge in [-0.2, -0.15) is 18.3 Å². The Labute approximate surface area is 170 Å². The van der Waals surface area contributed by atoms with Crippen LogP contribution in [0.5, 0.6) is 0 Å². The number of aryl methyl sites for hydroxylation is 1. The van der Waals surface area contributed by atoms with Gasteiger partial charge in [0.1, 0.15) is 5.69 Å². The maximum atomic E-state index is 14.6. The molecule has 8 heteroatoms. The number of methoxy groups -OCH3 is 1. The summed E-state index contributed by atoms with van der Waals surface area (Å²) in [6.45, 7) is 2.07. The van der Waals surface area contributed by atoms with Crippen molar-refractivity contribution in [3.63, 3.8) is 0 Å². The van der Waals surface area contributed by atoms with Gasteiger partial charge in [0.05, 0.1) is 24.8 Å². The fourth-order valence-corrected chi connectivity index (χ4v) is 2.86. The van der Waals surface area contributed by atoms with Crippen molar-refractivity contribution in [2.75, 3.05) is 7.11 Å². The first-order valence-electron chi connectivity index (χ1n) is 8.94. The fraction of sp³-hybridized carbons (Fsp3) is 0.182. The number of carbonyl (C=O) groups excluding carboxylic acids is 1. The van der Waals surface area contributed by atoms with E-state index in [2.05, 4.69) is 5.10 Å². The van der Waals surface area contributed by atoms with Crippen LogP contribution in [0.3, 0.4) is 0 Å². The van der Waals surface area contributed by atoms with E-state index in [1.54, 1.807) is 35.9 Å². The Hall–Kier alpha value is -3.42. The highest BCUT2D eigenvalue weighted by atomic mass is 19.4. The van der Waals surface area contributed by atoms with Crippen LogP contribution in [0, 0.1) is 6.92 Å². The molecule has 0 saturated carbocycles. The van der Waals surface area contributed by atoms with Gasteiger partial charge in [0.25, 0.3) is 0 Å². The van der Waals surface area contributed by atoms with Crippen LogP contribution in [0.15, 0.2) is 54.6 Å². The Morgan fingerprint density at radius 3 is 2.47 bits per heavy atom. The standard InChI is InChI=1S/C22H18F4N2O2/c1-14-10-20(19(23)12-15-6-8-18(9-7-15)22(24,25)26)27-28(14)13-16-4-3-5-17(11-16)21(29)30-2/h3-12H,13H2,1-2H3/b19-12-. The molecule has 1 aromatic heterocycles. The molecule has 0 spiro atoms. The predicted molar refractivity (Wildman–Crippen MR) is 104 cm³/mol. The molecule has 156 valence electrons. The number of rotatable bonds is 5. The molecule has 30 heavy (non-hydrogen) atoms. The number of aromatic nitrogens is 2. The Balaban J connectivity index is 1.80. The van der Waals surface area contributed by atoms with Crippen molar-refractivity contribution in [3.8, 4) is 0 Å². The molecule has 0 atom stereocenters. The van der Waals surface area contributed by atoms with Gasteiger partial charge < -0.3 is 4.74 Å². The summed E-state index contributed by atoms with van der Waals surface area (Å²) in [5.74, 6) is -1.12. The van der Waals surface area contributed by atoms with E-state index >= 15 is 0 Å². The Morgan fingerprint density at radius 2 is 1.83 bits per heavy atom. The molecule has 3 aromatic rings. The lowest BCUT2D eigenvalue weighted by Crippen LogP contribution is -2.06. The number of alkyl halides is 3. The summed E-state index contributed by atoms with van der Waals surface area (Å²) in [5, 5.41) is 4.23. The highest BCUT2D eigenvalue weighted by molar-refractivity contribution is 5.89. The number of carbonyl (C=O) groups is 1. The topological polar surface area (TPSA) is 44.1 Å². The summed E-state index contributed by atoms with van der Waals surface area (Å²) in [5.41, 5.74) is 1.42. The predicted octanol–water partition coefficient (Wildman–Crippen LogP) is 5.51. The number of esters is 1. The molecule has 0 aliphatic carbocycles. The normalized spacial score (nSPS) is 12.1. The van der Waals surface area contributed by atoms with Gasteiger partial charge in [-0.25, -0.2) is 9.18 Å². The maximum Gasteiger partial charge on any atom is 0.416 e. The SMILES string of the molecule is COC(=O)c1cccc(Cn2nc(/C(F)=C/c3ccc(C(F)(F)F)cc3)cc2C)c1. The summed E-state index contributed by atoms with van der Waals surface area (Å²) < 4.78 is 58.8. The van der Waals surface area contributed by atoms with E-state index in [9.17, 15) is 22.4 Å². The van der Waals surface area contributed by atoms with Gasteiger partial charge in [-0.1, -0.05) is 24.3 Å². The van der Waals surface area contributed by atoms with E-state index in [1.807, 2.05) is 6.07 Å². The molecule has 1 heterocycles. The monoisotopic (exact) mass is 418 g/mol. The minimum Gasteiger partial charge on any atom is -0.465 e. The van der Waals surface area contributed by atoms with Crippen molar-refractivity contribution in [1.82, 2.24) is 9.78 Å². The van der Waals surface area contributed by atoms with Gasteiger partial charge in [-0.15, -0.1) is 0 Å². The molecule has 0 N–H and O–H groups in total. The number of halogens is 4. The second-order valence-electron chi connectivity index (χ2n) is 6.63. The molecule has 0 radical (unpaired) electrons.